The van der Waals surface area contributed by atoms with E-state index in [2.05, 4.69) is 4.98 Å². The molecule has 1 saturated carbocycles. The van der Waals surface area contributed by atoms with Crippen molar-refractivity contribution in [2.24, 2.45) is 0 Å². The Morgan fingerprint density at radius 2 is 2.17 bits per heavy atom. The number of aromatic nitrogens is 1. The van der Waals surface area contributed by atoms with Gasteiger partial charge in [-0.05, 0) is 18.9 Å². The van der Waals surface area contributed by atoms with E-state index < -0.39 is 5.97 Å². The number of carboxylic acids is 1. The average molecular weight is 250 g/mol. The van der Waals surface area contributed by atoms with Gasteiger partial charge in [0.15, 0.2) is 0 Å². The van der Waals surface area contributed by atoms with Gasteiger partial charge in [-0.1, -0.05) is 12.8 Å². The lowest BCUT2D eigenvalue weighted by atomic mass is 10.1. The molecular weight excluding hydrogens is 232 g/mol. The molecule has 98 valence electrons. The lowest BCUT2D eigenvalue weighted by Crippen LogP contribution is -2.36. The van der Waals surface area contributed by atoms with Gasteiger partial charge in [-0.15, -0.1) is 0 Å². The summed E-state index contributed by atoms with van der Waals surface area (Å²) in [6.45, 7) is 0.493. The first kappa shape index (κ1) is 12.8. The number of carbonyl (C=O) groups is 1. The van der Waals surface area contributed by atoms with Gasteiger partial charge in [-0.2, -0.15) is 0 Å². The summed E-state index contributed by atoms with van der Waals surface area (Å²) in [7, 11) is 0. The average Bonchev–Trinajstić information content (AvgIpc) is 2.89. The largest absolute Gasteiger partial charge is 0.478 e. The minimum atomic E-state index is -0.973. The molecule has 18 heavy (non-hydrogen) atoms. The second-order valence-corrected chi connectivity index (χ2v) is 4.55. The lowest BCUT2D eigenvalue weighted by Gasteiger charge is -2.31. The number of hydrogen-bond acceptors (Lipinski definition) is 4. The van der Waals surface area contributed by atoms with Crippen LogP contribution in [0.25, 0.3) is 0 Å². The van der Waals surface area contributed by atoms with E-state index >= 15 is 0 Å². The zero-order valence-corrected chi connectivity index (χ0v) is 10.2. The highest BCUT2D eigenvalue weighted by Gasteiger charge is 2.25. The highest BCUT2D eigenvalue weighted by molar-refractivity contribution is 5.94. The van der Waals surface area contributed by atoms with Gasteiger partial charge in [0.25, 0.3) is 0 Å². The summed E-state index contributed by atoms with van der Waals surface area (Å²) >= 11 is 0. The zero-order valence-electron chi connectivity index (χ0n) is 10.2. The third-order valence-electron chi connectivity index (χ3n) is 3.44. The molecule has 0 aromatic carbocycles. The molecule has 1 aromatic rings. The maximum atomic E-state index is 11.2. The van der Waals surface area contributed by atoms with E-state index in [-0.39, 0.29) is 12.2 Å². The second kappa shape index (κ2) is 5.82. The van der Waals surface area contributed by atoms with E-state index in [1.54, 1.807) is 12.3 Å². The van der Waals surface area contributed by atoms with Gasteiger partial charge in [0, 0.05) is 25.0 Å². The number of aliphatic hydroxyl groups excluding tert-OH is 1. The third kappa shape index (κ3) is 2.61. The van der Waals surface area contributed by atoms with Crippen molar-refractivity contribution in [3.63, 3.8) is 0 Å². The summed E-state index contributed by atoms with van der Waals surface area (Å²) < 4.78 is 0. The first-order valence-corrected chi connectivity index (χ1v) is 6.29. The summed E-state index contributed by atoms with van der Waals surface area (Å²) in [5, 5.41) is 18.4. The van der Waals surface area contributed by atoms with Crippen molar-refractivity contribution in [3.05, 3.63) is 24.0 Å². The van der Waals surface area contributed by atoms with Crippen LogP contribution < -0.4 is 4.90 Å². The van der Waals surface area contributed by atoms with E-state index in [9.17, 15) is 15.0 Å². The smallest absolute Gasteiger partial charge is 0.339 e. The van der Waals surface area contributed by atoms with Crippen molar-refractivity contribution in [2.45, 2.75) is 31.7 Å². The molecule has 0 saturated heterocycles. The van der Waals surface area contributed by atoms with Crippen LogP contribution in [0.4, 0.5) is 5.69 Å². The van der Waals surface area contributed by atoms with Crippen molar-refractivity contribution in [1.82, 2.24) is 4.98 Å². The molecule has 0 radical (unpaired) electrons. The molecule has 0 bridgehead atoms. The molecule has 5 heteroatoms. The zero-order chi connectivity index (χ0) is 13.0. The Bertz CT molecular complexity index is 416. The molecule has 0 amide bonds. The van der Waals surface area contributed by atoms with Gasteiger partial charge in [0.2, 0.25) is 0 Å². The molecule has 1 fully saturated rings. The van der Waals surface area contributed by atoms with Crippen molar-refractivity contribution in [1.29, 1.82) is 0 Å². The molecule has 1 heterocycles. The molecule has 1 aliphatic carbocycles. The van der Waals surface area contributed by atoms with Crippen LogP contribution in [-0.2, 0) is 0 Å². The number of pyridine rings is 1. The minimum absolute atomic E-state index is 0.0257. The third-order valence-corrected chi connectivity index (χ3v) is 3.44. The molecule has 2 N–H and O–H groups in total. The maximum Gasteiger partial charge on any atom is 0.339 e. The topological polar surface area (TPSA) is 73.7 Å². The SMILES string of the molecule is O=C(O)c1cnccc1N(CCO)C1CCCC1. The van der Waals surface area contributed by atoms with E-state index in [4.69, 9.17) is 0 Å². The molecule has 0 spiro atoms. The summed E-state index contributed by atoms with van der Waals surface area (Å²) in [5.74, 6) is -0.973. The van der Waals surface area contributed by atoms with Gasteiger partial charge in [0.05, 0.1) is 12.3 Å². The van der Waals surface area contributed by atoms with Crippen LogP contribution in [0.15, 0.2) is 18.5 Å². The summed E-state index contributed by atoms with van der Waals surface area (Å²) in [6.07, 6.45) is 7.42. The van der Waals surface area contributed by atoms with Gasteiger partial charge in [-0.25, -0.2) is 4.79 Å². The summed E-state index contributed by atoms with van der Waals surface area (Å²) in [5.41, 5.74) is 0.872. The lowest BCUT2D eigenvalue weighted by molar-refractivity contribution is 0.0697. The van der Waals surface area contributed by atoms with Crippen LogP contribution >= 0.6 is 0 Å². The minimum Gasteiger partial charge on any atom is -0.478 e. The standard InChI is InChI=1S/C13H18N2O3/c16-8-7-15(10-3-1-2-4-10)12-5-6-14-9-11(12)13(17)18/h5-6,9-10,16H,1-4,7-8H2,(H,17,18). The number of aromatic carboxylic acids is 1. The van der Waals surface area contributed by atoms with Crippen LogP contribution in [0.2, 0.25) is 0 Å². The van der Waals surface area contributed by atoms with Crippen molar-refractivity contribution >= 4 is 11.7 Å². The van der Waals surface area contributed by atoms with E-state index in [0.717, 1.165) is 12.8 Å². The predicted molar refractivity (Wildman–Crippen MR) is 67.9 cm³/mol. The maximum absolute atomic E-state index is 11.2. The number of nitrogens with zero attached hydrogens (tertiary/aromatic N) is 2. The van der Waals surface area contributed by atoms with E-state index in [0.29, 0.717) is 18.3 Å². The van der Waals surface area contributed by atoms with Gasteiger partial charge < -0.3 is 15.1 Å². The molecule has 2 rings (SSSR count). The fraction of sp³-hybridized carbons (Fsp3) is 0.538. The number of hydrogen-bond donors (Lipinski definition) is 2. The van der Waals surface area contributed by atoms with Gasteiger partial charge in [-0.3, -0.25) is 4.98 Å². The van der Waals surface area contributed by atoms with E-state index in [1.165, 1.54) is 19.0 Å². The number of anilines is 1. The highest BCUT2D eigenvalue weighted by Crippen LogP contribution is 2.29. The predicted octanol–water partition coefficient (Wildman–Crippen LogP) is 1.52. The molecule has 0 atom stereocenters. The normalized spacial score (nSPS) is 15.8. The summed E-state index contributed by atoms with van der Waals surface area (Å²) in [6, 6.07) is 2.05. The van der Waals surface area contributed by atoms with Crippen LogP contribution in [-0.4, -0.2) is 40.4 Å². The molecule has 0 aliphatic heterocycles. The molecular formula is C13H18N2O3. The number of aliphatic hydroxyl groups is 1. The Kier molecular flexibility index (Phi) is 4.15. The summed E-state index contributed by atoms with van der Waals surface area (Å²) in [4.78, 5) is 17.1. The van der Waals surface area contributed by atoms with E-state index in [1.807, 2.05) is 4.90 Å². The molecule has 5 nitrogen and oxygen atoms in total. The van der Waals surface area contributed by atoms with Gasteiger partial charge >= 0.3 is 5.97 Å². The number of rotatable bonds is 5. The quantitative estimate of drug-likeness (QED) is 0.828. The van der Waals surface area contributed by atoms with Crippen molar-refractivity contribution in [2.75, 3.05) is 18.1 Å². The fourth-order valence-electron chi connectivity index (χ4n) is 2.63. The monoisotopic (exact) mass is 250 g/mol. The second-order valence-electron chi connectivity index (χ2n) is 4.55. The Hall–Kier alpha value is -1.62. The van der Waals surface area contributed by atoms with Crippen LogP contribution in [0, 0.1) is 0 Å². The van der Waals surface area contributed by atoms with Crippen molar-refractivity contribution in [3.8, 4) is 0 Å². The van der Waals surface area contributed by atoms with Gasteiger partial charge in [0.1, 0.15) is 5.56 Å². The van der Waals surface area contributed by atoms with Crippen LogP contribution in [0.3, 0.4) is 0 Å². The Morgan fingerprint density at radius 3 is 2.78 bits per heavy atom. The first-order chi connectivity index (χ1) is 8.74. The Labute approximate surface area is 106 Å². The first-order valence-electron chi connectivity index (χ1n) is 6.29. The van der Waals surface area contributed by atoms with Crippen molar-refractivity contribution < 1.29 is 15.0 Å². The van der Waals surface area contributed by atoms with Crippen LogP contribution in [0.1, 0.15) is 36.0 Å². The molecule has 1 aromatic heterocycles. The Morgan fingerprint density at radius 1 is 1.44 bits per heavy atom. The highest BCUT2D eigenvalue weighted by atomic mass is 16.4. The molecule has 1 aliphatic rings. The molecule has 0 unspecified atom stereocenters. The van der Waals surface area contributed by atoms with Crippen LogP contribution in [0.5, 0.6) is 0 Å². The fourth-order valence-corrected chi connectivity index (χ4v) is 2.63. The Balaban J connectivity index is 2.32. The number of carboxylic acid groups (broad SMARTS) is 1.